The van der Waals surface area contributed by atoms with Crippen molar-refractivity contribution in [2.24, 2.45) is 0 Å². The van der Waals surface area contributed by atoms with Gasteiger partial charge in [-0.3, -0.25) is 38.4 Å². The van der Waals surface area contributed by atoms with Gasteiger partial charge >= 0.3 is 0 Å². The number of nitrogens with one attached hydrogen (secondary N) is 6. The molecule has 0 unspecified atom stereocenters. The largest absolute Gasteiger partial charge is 0.497 e. The third-order valence-corrected chi connectivity index (χ3v) is 13.3. The summed E-state index contributed by atoms with van der Waals surface area (Å²) >= 11 is 0. The molecule has 0 heterocycles. The smallest absolute Gasteiger partial charge is 0.251 e. The van der Waals surface area contributed by atoms with E-state index in [1.807, 2.05) is 109 Å². The Hall–Kier alpha value is -9.32. The predicted molar refractivity (Wildman–Crippen MR) is 314 cm³/mol. The number of carbonyl (C=O) groups excluding carboxylic acids is 8. The van der Waals surface area contributed by atoms with Crippen molar-refractivity contribution < 1.29 is 47.8 Å². The van der Waals surface area contributed by atoms with Crippen LogP contribution in [-0.4, -0.2) is 137 Å². The molecule has 6 aromatic rings. The molecule has 0 saturated carbocycles. The number of benzene rings is 6. The fourth-order valence-corrected chi connectivity index (χ4v) is 8.67. The van der Waals surface area contributed by atoms with Crippen LogP contribution in [0.4, 0.5) is 0 Å². The van der Waals surface area contributed by atoms with Crippen molar-refractivity contribution in [3.8, 4) is 22.6 Å². The molecule has 0 aliphatic rings. The van der Waals surface area contributed by atoms with Gasteiger partial charge in [0.1, 0.15) is 37.7 Å². The normalized spacial score (nSPS) is 10.6. The van der Waals surface area contributed by atoms with E-state index in [1.54, 1.807) is 62.8 Å². The lowest BCUT2D eigenvalue weighted by atomic mass is 10.0. The summed E-state index contributed by atoms with van der Waals surface area (Å²) in [6, 6.07) is 48.3. The average molecular weight is 1120 g/mol. The third kappa shape index (κ3) is 22.1. The Balaban J connectivity index is 0.919. The van der Waals surface area contributed by atoms with E-state index in [0.717, 1.165) is 44.9 Å². The number of ether oxygens (including phenoxy) is 2. The zero-order valence-corrected chi connectivity index (χ0v) is 46.7. The second kappa shape index (κ2) is 34.0. The number of nitrogens with zero attached hydrogens (tertiary/aromatic N) is 2. The van der Waals surface area contributed by atoms with Crippen molar-refractivity contribution in [1.29, 1.82) is 0 Å². The fraction of sp³-hybridized carbons (Fsp3) is 0.312. The molecule has 0 aromatic heterocycles. The Morgan fingerprint density at radius 2 is 0.634 bits per heavy atom. The monoisotopic (exact) mass is 1110 g/mol. The van der Waals surface area contributed by atoms with Gasteiger partial charge in [0.15, 0.2) is 0 Å². The van der Waals surface area contributed by atoms with Gasteiger partial charge in [0.2, 0.25) is 35.4 Å². The molecule has 8 amide bonds. The van der Waals surface area contributed by atoms with Crippen LogP contribution in [0.15, 0.2) is 158 Å². The van der Waals surface area contributed by atoms with Gasteiger partial charge in [-0.25, -0.2) is 0 Å². The van der Waals surface area contributed by atoms with Gasteiger partial charge in [-0.1, -0.05) is 109 Å². The topological polar surface area (TPSA) is 234 Å². The quantitative estimate of drug-likeness (QED) is 0.0284. The molecule has 430 valence electrons. The SMILES string of the molecule is COc1ccc(CCNC(=O)CN(CC(=O)NCCc2ccccc2)C(=O)CCCNC(=O)c2ccc(-c3ccc(C(=O)NCCCC(=O)N(CC(=O)NCCc4ccccc4)CC(=O)NCCc4ccc(OC)cc4)cc3)cc2)cc1. The maximum atomic E-state index is 13.5. The second-order valence-corrected chi connectivity index (χ2v) is 19.4. The van der Waals surface area contributed by atoms with E-state index in [-0.39, 0.29) is 88.6 Å². The van der Waals surface area contributed by atoms with Crippen LogP contribution in [0.5, 0.6) is 11.5 Å². The molecule has 18 heteroatoms. The van der Waals surface area contributed by atoms with Crippen molar-refractivity contribution in [2.45, 2.75) is 51.4 Å². The van der Waals surface area contributed by atoms with Gasteiger partial charge in [-0.2, -0.15) is 0 Å². The number of methoxy groups -OCH3 is 2. The Morgan fingerprint density at radius 1 is 0.341 bits per heavy atom. The molecule has 0 saturated heterocycles. The highest BCUT2D eigenvalue weighted by molar-refractivity contribution is 5.96. The Morgan fingerprint density at radius 3 is 0.927 bits per heavy atom. The van der Waals surface area contributed by atoms with E-state index in [9.17, 15) is 38.4 Å². The zero-order chi connectivity index (χ0) is 58.3. The van der Waals surface area contributed by atoms with Crippen molar-refractivity contribution in [1.82, 2.24) is 41.7 Å². The van der Waals surface area contributed by atoms with Crippen molar-refractivity contribution in [3.63, 3.8) is 0 Å². The van der Waals surface area contributed by atoms with E-state index >= 15 is 0 Å². The lowest BCUT2D eigenvalue weighted by Gasteiger charge is -2.22. The summed E-state index contributed by atoms with van der Waals surface area (Å²) < 4.78 is 10.4. The van der Waals surface area contributed by atoms with Gasteiger partial charge in [0.05, 0.1) is 14.2 Å². The van der Waals surface area contributed by atoms with Crippen LogP contribution >= 0.6 is 0 Å². The summed E-state index contributed by atoms with van der Waals surface area (Å²) in [6.07, 6.45) is 2.89. The molecular weight excluding hydrogens is 1040 g/mol. The minimum absolute atomic E-state index is 0.00475. The van der Waals surface area contributed by atoms with Gasteiger partial charge in [-0.15, -0.1) is 0 Å². The average Bonchev–Trinajstić information content (AvgIpc) is 3.50. The van der Waals surface area contributed by atoms with Crippen LogP contribution in [0.3, 0.4) is 0 Å². The van der Waals surface area contributed by atoms with Gasteiger partial charge in [0.25, 0.3) is 11.8 Å². The number of rotatable bonds is 33. The maximum absolute atomic E-state index is 13.5. The maximum Gasteiger partial charge on any atom is 0.251 e. The number of hydrogen-bond donors (Lipinski definition) is 6. The second-order valence-electron chi connectivity index (χ2n) is 19.4. The molecule has 82 heavy (non-hydrogen) atoms. The van der Waals surface area contributed by atoms with E-state index < -0.39 is 23.6 Å². The highest BCUT2D eigenvalue weighted by Gasteiger charge is 2.22. The number of hydrogen-bond acceptors (Lipinski definition) is 10. The third-order valence-electron chi connectivity index (χ3n) is 13.3. The zero-order valence-electron chi connectivity index (χ0n) is 46.7. The van der Waals surface area contributed by atoms with E-state index in [1.165, 1.54) is 9.80 Å². The standard InChI is InChI=1S/C64H74N8O10/c1-81-55-29-17-49(18-30-55)35-41-67-59(75)45-71(43-57(73)65-39-33-47-11-5-3-6-12-47)61(77)15-9-37-69-63(79)53-25-21-51(22-26-53)52-23-27-54(28-24-52)64(80)70-38-10-16-62(78)72(44-58(74)66-40-34-48-13-7-4-8-14-48)46-60(76)68-42-36-50-19-31-56(82-2)32-20-50/h3-8,11-14,17-32H,9-10,15-16,33-46H2,1-2H3,(H,65,73)(H,66,74)(H,67,75)(H,68,76)(H,69,79)(H,70,80). The highest BCUT2D eigenvalue weighted by Crippen LogP contribution is 2.21. The van der Waals surface area contributed by atoms with Crippen LogP contribution < -0.4 is 41.4 Å². The fourth-order valence-electron chi connectivity index (χ4n) is 8.67. The molecule has 6 N–H and O–H groups in total. The molecule has 0 radical (unpaired) electrons. The number of carbonyl (C=O) groups is 8. The first-order chi connectivity index (χ1) is 39.8. The first-order valence-corrected chi connectivity index (χ1v) is 27.6. The first kappa shape index (κ1) is 61.9. The molecule has 0 aliphatic carbocycles. The highest BCUT2D eigenvalue weighted by atomic mass is 16.5. The van der Waals surface area contributed by atoms with Gasteiger partial charge in [0, 0.05) is 63.2 Å². The number of amides is 8. The molecule has 0 spiro atoms. The molecule has 6 aromatic carbocycles. The minimum atomic E-state index is -0.397. The summed E-state index contributed by atoms with van der Waals surface area (Å²) in [5.74, 6) is -1.58. The lowest BCUT2D eigenvalue weighted by Crippen LogP contribution is -2.46. The molecule has 18 nitrogen and oxygen atoms in total. The van der Waals surface area contributed by atoms with Gasteiger partial charge in [-0.05, 0) is 120 Å². The predicted octanol–water partition coefficient (Wildman–Crippen LogP) is 5.48. The Labute approximate surface area is 479 Å². The van der Waals surface area contributed by atoms with Crippen molar-refractivity contribution in [3.05, 3.63) is 191 Å². The minimum Gasteiger partial charge on any atom is -0.497 e. The first-order valence-electron chi connectivity index (χ1n) is 27.6. The lowest BCUT2D eigenvalue weighted by molar-refractivity contribution is -0.139. The van der Waals surface area contributed by atoms with Crippen molar-refractivity contribution in [2.75, 3.05) is 79.7 Å². The Bertz CT molecular complexity index is 2790. The van der Waals surface area contributed by atoms with Crippen LogP contribution in [0, 0.1) is 0 Å². The van der Waals surface area contributed by atoms with Crippen LogP contribution in [0.2, 0.25) is 0 Å². The Kier molecular flexibility index (Phi) is 25.6. The molecular formula is C64H74N8O10. The van der Waals surface area contributed by atoms with Crippen LogP contribution in [0.1, 0.15) is 68.7 Å². The molecule has 0 bridgehead atoms. The molecule has 0 fully saturated rings. The molecule has 0 aliphatic heterocycles. The summed E-state index contributed by atoms with van der Waals surface area (Å²) in [6.45, 7) is 0.576. The van der Waals surface area contributed by atoms with Crippen molar-refractivity contribution >= 4 is 47.3 Å². The van der Waals surface area contributed by atoms with E-state index in [2.05, 4.69) is 31.9 Å². The molecule has 0 atom stereocenters. The summed E-state index contributed by atoms with van der Waals surface area (Å²) in [5.41, 5.74) is 6.53. The summed E-state index contributed by atoms with van der Waals surface area (Å²) in [7, 11) is 3.18. The van der Waals surface area contributed by atoms with E-state index in [0.29, 0.717) is 63.0 Å². The molecule has 6 rings (SSSR count). The van der Waals surface area contributed by atoms with Crippen LogP contribution in [-0.2, 0) is 54.5 Å². The van der Waals surface area contributed by atoms with Gasteiger partial charge < -0.3 is 51.2 Å². The van der Waals surface area contributed by atoms with Crippen LogP contribution in [0.25, 0.3) is 11.1 Å². The summed E-state index contributed by atoms with van der Waals surface area (Å²) in [5, 5.41) is 17.1. The summed E-state index contributed by atoms with van der Waals surface area (Å²) in [4.78, 5) is 108. The van der Waals surface area contributed by atoms with E-state index in [4.69, 9.17) is 9.47 Å².